The summed E-state index contributed by atoms with van der Waals surface area (Å²) >= 11 is 0. The van der Waals surface area contributed by atoms with E-state index in [2.05, 4.69) is 24.0 Å². The van der Waals surface area contributed by atoms with Gasteiger partial charge in [-0.05, 0) is 32.2 Å². The fourth-order valence-corrected chi connectivity index (χ4v) is 3.27. The molecule has 1 unspecified atom stereocenters. The maximum atomic E-state index is 8.91. The zero-order chi connectivity index (χ0) is 11.4. The minimum Gasteiger partial charge on any atom is -0.297 e. The Labute approximate surface area is 98.9 Å². The van der Waals surface area contributed by atoms with Crippen LogP contribution in [0.25, 0.3) is 0 Å². The van der Waals surface area contributed by atoms with Crippen molar-refractivity contribution >= 4 is 0 Å². The molecule has 2 aliphatic carbocycles. The molecular weight excluding hydrogens is 196 g/mol. The summed E-state index contributed by atoms with van der Waals surface area (Å²) < 4.78 is 0. The summed E-state index contributed by atoms with van der Waals surface area (Å²) in [4.78, 5) is 2.65. The minimum atomic E-state index is 0.614. The lowest BCUT2D eigenvalue weighted by Gasteiger charge is -2.37. The molecule has 88 valence electrons. The van der Waals surface area contributed by atoms with Crippen molar-refractivity contribution in [1.29, 1.82) is 5.26 Å². The van der Waals surface area contributed by atoms with Gasteiger partial charge in [0, 0.05) is 17.7 Å². The van der Waals surface area contributed by atoms with Crippen molar-refractivity contribution < 1.29 is 0 Å². The molecule has 0 saturated heterocycles. The molecule has 0 radical (unpaired) electrons. The Morgan fingerprint density at radius 2 is 2.06 bits per heavy atom. The van der Waals surface area contributed by atoms with Crippen LogP contribution in [0.5, 0.6) is 0 Å². The summed E-state index contributed by atoms with van der Waals surface area (Å²) in [5, 5.41) is 8.91. The second kappa shape index (κ2) is 5.50. The van der Waals surface area contributed by atoms with Gasteiger partial charge in [0.1, 0.15) is 0 Å². The predicted molar refractivity (Wildman–Crippen MR) is 66.0 cm³/mol. The van der Waals surface area contributed by atoms with Crippen LogP contribution in [-0.2, 0) is 0 Å². The number of rotatable bonds is 3. The molecule has 2 rings (SSSR count). The monoisotopic (exact) mass is 218 g/mol. The molecule has 16 heavy (non-hydrogen) atoms. The van der Waals surface area contributed by atoms with E-state index in [0.29, 0.717) is 6.04 Å². The number of hydrogen-bond acceptors (Lipinski definition) is 2. The van der Waals surface area contributed by atoms with Crippen molar-refractivity contribution in [1.82, 2.24) is 4.90 Å². The third kappa shape index (κ3) is 2.47. The molecule has 0 aromatic rings. The third-order valence-corrected chi connectivity index (χ3v) is 4.11. The molecular formula is C14H22N2. The molecule has 1 saturated carbocycles. The number of nitrogens with zero attached hydrogens (tertiary/aromatic N) is 2. The van der Waals surface area contributed by atoms with Crippen molar-refractivity contribution in [2.75, 3.05) is 6.54 Å². The highest BCUT2D eigenvalue weighted by molar-refractivity contribution is 5.26. The Morgan fingerprint density at radius 3 is 2.62 bits per heavy atom. The van der Waals surface area contributed by atoms with Crippen molar-refractivity contribution in [2.45, 2.75) is 64.0 Å². The molecule has 0 aromatic carbocycles. The molecule has 2 heteroatoms. The largest absolute Gasteiger partial charge is 0.297 e. The molecule has 0 N–H and O–H groups in total. The SMILES string of the molecule is CCN(C1CCCCC1)C1CC=C(C#N)C1. The summed E-state index contributed by atoms with van der Waals surface area (Å²) in [5.41, 5.74) is 0.999. The molecule has 0 bridgehead atoms. The average Bonchev–Trinajstić information content (AvgIpc) is 2.80. The number of nitriles is 1. The quantitative estimate of drug-likeness (QED) is 0.727. The lowest BCUT2D eigenvalue weighted by molar-refractivity contribution is 0.115. The van der Waals surface area contributed by atoms with Gasteiger partial charge in [0.05, 0.1) is 6.07 Å². The molecule has 0 aromatic heterocycles. The van der Waals surface area contributed by atoms with Crippen molar-refractivity contribution in [2.24, 2.45) is 0 Å². The maximum absolute atomic E-state index is 8.91. The summed E-state index contributed by atoms with van der Waals surface area (Å²) in [5.74, 6) is 0. The van der Waals surface area contributed by atoms with Gasteiger partial charge < -0.3 is 0 Å². The van der Waals surface area contributed by atoms with E-state index in [1.165, 1.54) is 32.1 Å². The van der Waals surface area contributed by atoms with Gasteiger partial charge in [-0.1, -0.05) is 32.3 Å². The Kier molecular flexibility index (Phi) is 4.01. The van der Waals surface area contributed by atoms with Crippen LogP contribution in [0.2, 0.25) is 0 Å². The smallest absolute Gasteiger partial charge is 0.0944 e. The molecule has 0 heterocycles. The van der Waals surface area contributed by atoms with Gasteiger partial charge in [-0.2, -0.15) is 5.26 Å². The van der Waals surface area contributed by atoms with Crippen molar-refractivity contribution in [3.63, 3.8) is 0 Å². The van der Waals surface area contributed by atoms with Gasteiger partial charge in [0.15, 0.2) is 0 Å². The normalized spacial score (nSPS) is 26.8. The van der Waals surface area contributed by atoms with Crippen molar-refractivity contribution in [3.8, 4) is 6.07 Å². The second-order valence-corrected chi connectivity index (χ2v) is 5.06. The Balaban J connectivity index is 1.93. The fraction of sp³-hybridized carbons (Fsp3) is 0.786. The lowest BCUT2D eigenvalue weighted by atomic mass is 9.92. The van der Waals surface area contributed by atoms with Crippen LogP contribution >= 0.6 is 0 Å². The van der Waals surface area contributed by atoms with Gasteiger partial charge >= 0.3 is 0 Å². The highest BCUT2D eigenvalue weighted by Gasteiger charge is 2.28. The van der Waals surface area contributed by atoms with Crippen molar-refractivity contribution in [3.05, 3.63) is 11.6 Å². The van der Waals surface area contributed by atoms with Gasteiger partial charge in [-0.25, -0.2) is 0 Å². The molecule has 1 fully saturated rings. The molecule has 1 atom stereocenters. The van der Waals surface area contributed by atoms with E-state index < -0.39 is 0 Å². The van der Waals surface area contributed by atoms with Crippen LogP contribution in [0, 0.1) is 11.3 Å². The van der Waals surface area contributed by atoms with E-state index in [0.717, 1.165) is 31.0 Å². The van der Waals surface area contributed by atoms with Crippen LogP contribution < -0.4 is 0 Å². The Morgan fingerprint density at radius 1 is 1.31 bits per heavy atom. The van der Waals surface area contributed by atoms with E-state index >= 15 is 0 Å². The van der Waals surface area contributed by atoms with Crippen LogP contribution in [0.15, 0.2) is 11.6 Å². The average molecular weight is 218 g/mol. The Bertz CT molecular complexity index is 294. The van der Waals surface area contributed by atoms with Crippen LogP contribution in [0.3, 0.4) is 0 Å². The maximum Gasteiger partial charge on any atom is 0.0944 e. The zero-order valence-corrected chi connectivity index (χ0v) is 10.3. The summed E-state index contributed by atoms with van der Waals surface area (Å²) in [7, 11) is 0. The van der Waals surface area contributed by atoms with E-state index in [1.807, 2.05) is 0 Å². The minimum absolute atomic E-state index is 0.614. The van der Waals surface area contributed by atoms with E-state index in [9.17, 15) is 0 Å². The molecule has 0 aliphatic heterocycles. The first kappa shape index (κ1) is 11.7. The van der Waals surface area contributed by atoms with E-state index in [-0.39, 0.29) is 0 Å². The van der Waals surface area contributed by atoms with Crippen LogP contribution in [-0.4, -0.2) is 23.5 Å². The molecule has 2 nitrogen and oxygen atoms in total. The topological polar surface area (TPSA) is 27.0 Å². The molecule has 0 spiro atoms. The van der Waals surface area contributed by atoms with E-state index in [4.69, 9.17) is 5.26 Å². The standard InChI is InChI=1S/C14H22N2/c1-2-16(13-6-4-3-5-7-13)14-9-8-12(10-14)11-15/h8,13-14H,2-7,9-10H2,1H3. The van der Waals surface area contributed by atoms with Gasteiger partial charge in [-0.3, -0.25) is 4.90 Å². The molecule has 0 amide bonds. The second-order valence-electron chi connectivity index (χ2n) is 5.06. The van der Waals surface area contributed by atoms with Gasteiger partial charge in [0.2, 0.25) is 0 Å². The first-order valence-electron chi connectivity index (χ1n) is 6.70. The summed E-state index contributed by atoms with van der Waals surface area (Å²) in [6.07, 6.45) is 11.2. The third-order valence-electron chi connectivity index (χ3n) is 4.11. The van der Waals surface area contributed by atoms with Crippen LogP contribution in [0.4, 0.5) is 0 Å². The highest BCUT2D eigenvalue weighted by atomic mass is 15.2. The zero-order valence-electron chi connectivity index (χ0n) is 10.3. The first-order valence-corrected chi connectivity index (χ1v) is 6.70. The fourth-order valence-electron chi connectivity index (χ4n) is 3.27. The first-order chi connectivity index (χ1) is 7.85. The van der Waals surface area contributed by atoms with E-state index in [1.54, 1.807) is 0 Å². The van der Waals surface area contributed by atoms with Crippen LogP contribution in [0.1, 0.15) is 51.9 Å². The number of hydrogen-bond donors (Lipinski definition) is 0. The van der Waals surface area contributed by atoms with Gasteiger partial charge in [-0.15, -0.1) is 0 Å². The lowest BCUT2D eigenvalue weighted by Crippen LogP contribution is -2.43. The Hall–Kier alpha value is -0.810. The predicted octanol–water partition coefficient (Wildman–Crippen LogP) is 3.25. The summed E-state index contributed by atoms with van der Waals surface area (Å²) in [6.45, 7) is 3.40. The molecule has 2 aliphatic rings. The van der Waals surface area contributed by atoms with Gasteiger partial charge in [0.25, 0.3) is 0 Å². The summed E-state index contributed by atoms with van der Waals surface area (Å²) in [6, 6.07) is 3.71. The highest BCUT2D eigenvalue weighted by Crippen LogP contribution is 2.30.